The maximum atomic E-state index is 13.0. The van der Waals surface area contributed by atoms with Crippen LogP contribution in [0.4, 0.5) is 0 Å². The van der Waals surface area contributed by atoms with Crippen molar-refractivity contribution in [2.24, 2.45) is 0 Å². The number of furan rings is 1. The Balaban J connectivity index is 1.93. The van der Waals surface area contributed by atoms with Gasteiger partial charge in [0.05, 0.1) is 19.2 Å². The number of rotatable bonds is 7. The van der Waals surface area contributed by atoms with Crippen LogP contribution in [0.5, 0.6) is 5.75 Å². The van der Waals surface area contributed by atoms with Gasteiger partial charge < -0.3 is 24.1 Å². The number of ether oxygens (including phenoxy) is 1. The zero-order chi connectivity index (χ0) is 20.4. The van der Waals surface area contributed by atoms with Crippen LogP contribution in [0.15, 0.2) is 28.7 Å². The summed E-state index contributed by atoms with van der Waals surface area (Å²) in [5, 5.41) is 12.8. The smallest absolute Gasteiger partial charge is 0.339 e. The molecule has 0 saturated heterocycles. The second-order valence-corrected chi connectivity index (χ2v) is 6.67. The van der Waals surface area contributed by atoms with Crippen LogP contribution in [0.2, 0.25) is 0 Å². The molecule has 0 saturated carbocycles. The second kappa shape index (κ2) is 7.80. The van der Waals surface area contributed by atoms with E-state index in [0.29, 0.717) is 22.8 Å². The molecule has 2 heterocycles. The standard InChI is InChI=1S/C21H24N2O5/c1-5-8-23-12(2)19(17-9-14(27-4)6-7-18(17)23)20(24)22-11-15-10-16(21(25)26)13(3)28-15/h6-7,9-10H,5,8,11H2,1-4H3,(H,22,24)(H,25,26). The molecule has 0 aliphatic heterocycles. The van der Waals surface area contributed by atoms with E-state index in [1.807, 2.05) is 25.1 Å². The molecule has 0 unspecified atom stereocenters. The number of amides is 1. The molecule has 1 amide bonds. The molecule has 1 aromatic carbocycles. The Morgan fingerprint density at radius 1 is 1.25 bits per heavy atom. The SMILES string of the molecule is CCCn1c(C)c(C(=O)NCc2cc(C(=O)O)c(C)o2)c2cc(OC)ccc21. The highest BCUT2D eigenvalue weighted by Crippen LogP contribution is 2.30. The van der Waals surface area contributed by atoms with E-state index in [-0.39, 0.29) is 18.0 Å². The molecule has 0 bridgehead atoms. The average molecular weight is 384 g/mol. The van der Waals surface area contributed by atoms with Crippen LogP contribution in [-0.2, 0) is 13.1 Å². The van der Waals surface area contributed by atoms with Crippen molar-refractivity contribution in [2.45, 2.75) is 40.3 Å². The summed E-state index contributed by atoms with van der Waals surface area (Å²) in [6, 6.07) is 7.15. The maximum Gasteiger partial charge on any atom is 0.339 e. The number of fused-ring (bicyclic) bond motifs is 1. The van der Waals surface area contributed by atoms with Gasteiger partial charge in [0, 0.05) is 23.1 Å². The highest BCUT2D eigenvalue weighted by Gasteiger charge is 2.21. The van der Waals surface area contributed by atoms with Crippen molar-refractivity contribution in [1.82, 2.24) is 9.88 Å². The van der Waals surface area contributed by atoms with Crippen LogP contribution in [0.25, 0.3) is 10.9 Å². The summed E-state index contributed by atoms with van der Waals surface area (Å²) in [5.41, 5.74) is 2.55. The van der Waals surface area contributed by atoms with Gasteiger partial charge in [0.2, 0.25) is 0 Å². The van der Waals surface area contributed by atoms with E-state index in [1.54, 1.807) is 14.0 Å². The van der Waals surface area contributed by atoms with E-state index in [0.717, 1.165) is 29.6 Å². The van der Waals surface area contributed by atoms with E-state index in [1.165, 1.54) is 6.07 Å². The summed E-state index contributed by atoms with van der Waals surface area (Å²) in [5.74, 6) is 0.108. The number of carboxylic acid groups (broad SMARTS) is 1. The van der Waals surface area contributed by atoms with Gasteiger partial charge in [-0.2, -0.15) is 0 Å². The summed E-state index contributed by atoms with van der Waals surface area (Å²) in [7, 11) is 1.59. The molecule has 0 fully saturated rings. The predicted molar refractivity (Wildman–Crippen MR) is 105 cm³/mol. The number of methoxy groups -OCH3 is 1. The van der Waals surface area contributed by atoms with Crippen molar-refractivity contribution in [3.05, 3.63) is 52.6 Å². The number of nitrogens with zero attached hydrogens (tertiary/aromatic N) is 1. The van der Waals surface area contributed by atoms with Crippen molar-refractivity contribution < 1.29 is 23.8 Å². The predicted octanol–water partition coefficient (Wildman–Crippen LogP) is 3.90. The fourth-order valence-corrected chi connectivity index (χ4v) is 3.49. The summed E-state index contributed by atoms with van der Waals surface area (Å²) in [6.45, 7) is 6.52. The molecule has 2 N–H and O–H groups in total. The number of carbonyl (C=O) groups is 2. The van der Waals surface area contributed by atoms with Crippen LogP contribution < -0.4 is 10.1 Å². The number of carbonyl (C=O) groups excluding carboxylic acids is 1. The molecule has 148 valence electrons. The zero-order valence-corrected chi connectivity index (χ0v) is 16.5. The third-order valence-electron chi connectivity index (χ3n) is 4.83. The normalized spacial score (nSPS) is 11.0. The number of hydrogen-bond acceptors (Lipinski definition) is 4. The molecule has 0 radical (unpaired) electrons. The highest BCUT2D eigenvalue weighted by atomic mass is 16.5. The zero-order valence-electron chi connectivity index (χ0n) is 16.5. The van der Waals surface area contributed by atoms with Crippen LogP contribution in [0.1, 0.15) is 51.3 Å². The minimum Gasteiger partial charge on any atom is -0.497 e. The molecular formula is C21H24N2O5. The number of hydrogen-bond donors (Lipinski definition) is 2. The number of aryl methyl sites for hydroxylation is 2. The average Bonchev–Trinajstić information content (AvgIpc) is 3.17. The Hall–Kier alpha value is -3.22. The first kappa shape index (κ1) is 19.5. The third kappa shape index (κ3) is 3.47. The van der Waals surface area contributed by atoms with Gasteiger partial charge in [-0.3, -0.25) is 4.79 Å². The molecule has 7 heteroatoms. The lowest BCUT2D eigenvalue weighted by Gasteiger charge is -2.07. The van der Waals surface area contributed by atoms with E-state index in [4.69, 9.17) is 14.3 Å². The topological polar surface area (TPSA) is 93.7 Å². The Labute approximate surface area is 162 Å². The van der Waals surface area contributed by atoms with Crippen LogP contribution in [0, 0.1) is 13.8 Å². The third-order valence-corrected chi connectivity index (χ3v) is 4.83. The molecule has 3 aromatic rings. The van der Waals surface area contributed by atoms with Gasteiger partial charge in [0.15, 0.2) is 0 Å². The van der Waals surface area contributed by atoms with Gasteiger partial charge in [-0.1, -0.05) is 6.92 Å². The Bertz CT molecular complexity index is 1040. The van der Waals surface area contributed by atoms with Gasteiger partial charge in [-0.05, 0) is 44.5 Å². The van der Waals surface area contributed by atoms with E-state index in [2.05, 4.69) is 16.8 Å². The number of nitrogens with one attached hydrogen (secondary N) is 1. The first-order valence-corrected chi connectivity index (χ1v) is 9.15. The molecule has 7 nitrogen and oxygen atoms in total. The van der Waals surface area contributed by atoms with Gasteiger partial charge >= 0.3 is 5.97 Å². The summed E-state index contributed by atoms with van der Waals surface area (Å²) >= 11 is 0. The summed E-state index contributed by atoms with van der Waals surface area (Å²) < 4.78 is 12.9. The number of carboxylic acids is 1. The number of benzene rings is 1. The molecule has 0 atom stereocenters. The number of aromatic carboxylic acids is 1. The van der Waals surface area contributed by atoms with Gasteiger partial charge in [-0.15, -0.1) is 0 Å². The first-order chi connectivity index (χ1) is 13.4. The molecule has 0 aliphatic carbocycles. The largest absolute Gasteiger partial charge is 0.497 e. The van der Waals surface area contributed by atoms with Crippen molar-refractivity contribution >= 4 is 22.8 Å². The first-order valence-electron chi connectivity index (χ1n) is 9.15. The van der Waals surface area contributed by atoms with Crippen molar-refractivity contribution in [1.29, 1.82) is 0 Å². The molecule has 28 heavy (non-hydrogen) atoms. The lowest BCUT2D eigenvalue weighted by molar-refractivity contribution is 0.0694. The monoisotopic (exact) mass is 384 g/mol. The fourth-order valence-electron chi connectivity index (χ4n) is 3.49. The Kier molecular flexibility index (Phi) is 5.44. The van der Waals surface area contributed by atoms with E-state index in [9.17, 15) is 9.59 Å². The molecule has 3 rings (SSSR count). The number of aromatic nitrogens is 1. The highest BCUT2D eigenvalue weighted by molar-refractivity contribution is 6.08. The Morgan fingerprint density at radius 3 is 2.61 bits per heavy atom. The summed E-state index contributed by atoms with van der Waals surface area (Å²) in [4.78, 5) is 24.1. The van der Waals surface area contributed by atoms with Crippen LogP contribution in [0.3, 0.4) is 0 Å². The maximum absolute atomic E-state index is 13.0. The molecule has 0 aliphatic rings. The lowest BCUT2D eigenvalue weighted by Crippen LogP contribution is -2.23. The quantitative estimate of drug-likeness (QED) is 0.644. The van der Waals surface area contributed by atoms with Gasteiger partial charge in [-0.25, -0.2) is 4.79 Å². The van der Waals surface area contributed by atoms with Gasteiger partial charge in [0.25, 0.3) is 5.91 Å². The van der Waals surface area contributed by atoms with Gasteiger partial charge in [0.1, 0.15) is 22.8 Å². The van der Waals surface area contributed by atoms with Crippen molar-refractivity contribution in [2.75, 3.05) is 7.11 Å². The van der Waals surface area contributed by atoms with Crippen molar-refractivity contribution in [3.8, 4) is 5.75 Å². The van der Waals surface area contributed by atoms with E-state index >= 15 is 0 Å². The fraction of sp³-hybridized carbons (Fsp3) is 0.333. The lowest BCUT2D eigenvalue weighted by atomic mass is 10.1. The van der Waals surface area contributed by atoms with Crippen LogP contribution >= 0.6 is 0 Å². The molecule has 2 aromatic heterocycles. The molecule has 0 spiro atoms. The van der Waals surface area contributed by atoms with Crippen LogP contribution in [-0.4, -0.2) is 28.7 Å². The minimum absolute atomic E-state index is 0.102. The Morgan fingerprint density at radius 2 is 2.00 bits per heavy atom. The van der Waals surface area contributed by atoms with Crippen molar-refractivity contribution in [3.63, 3.8) is 0 Å². The second-order valence-electron chi connectivity index (χ2n) is 6.67. The molecular weight excluding hydrogens is 360 g/mol. The minimum atomic E-state index is -1.05. The summed E-state index contributed by atoms with van der Waals surface area (Å²) in [6.07, 6.45) is 0.946. The van der Waals surface area contributed by atoms with E-state index < -0.39 is 5.97 Å².